The molecule has 0 spiro atoms. The standard InChI is InChI=1S/C105H121N3O18/c1-2-3-4-5-6-7-8-9-10-11-12-13-41-64-90(109)113-76-89-93(115-68-79-48-27-16-28-49-79)97(117-70-81-52-31-18-32-53-81)102(124-103(111)87-63-43-42-62-86(87)65-107-108-106)105(123-89)126-95-91(110)94(98(118-71-82-54-33-19-34-55-82)100(120-73-84-58-37-21-38-59-84)99(95)119-72-83-56-35-20-36-57-83)125-104-101(121-74-85-60-39-22-40-61-85)96(116-69-80-50-29-17-30-51-80)92(114-67-78-46-25-15-26-47-78)88(122-104)75-112-66-77-44-23-14-24-45-77/h14-40,42-63,88-89,91-102,104-105,110H,2-13,41,64-76H2,1H3/t88-,89-,91+,92-,93-,94+,95+,96+,97+,98-,99+,100+,101+,102+,104-,105-/m1/s1. The van der Waals surface area contributed by atoms with Gasteiger partial charge in [0.15, 0.2) is 18.7 Å². The number of esters is 2. The average Bonchev–Trinajstić information content (AvgIpc) is 0.749. The lowest BCUT2D eigenvalue weighted by Gasteiger charge is -2.52. The van der Waals surface area contributed by atoms with Crippen molar-refractivity contribution >= 4 is 11.9 Å². The van der Waals surface area contributed by atoms with Crippen molar-refractivity contribution in [2.75, 3.05) is 13.2 Å². The molecule has 21 nitrogen and oxygen atoms in total. The van der Waals surface area contributed by atoms with Crippen LogP contribution in [0.25, 0.3) is 10.4 Å². The maximum absolute atomic E-state index is 15.8. The van der Waals surface area contributed by atoms with E-state index in [4.69, 9.17) is 71.1 Å². The van der Waals surface area contributed by atoms with Gasteiger partial charge in [0.25, 0.3) is 0 Å². The molecule has 1 N–H and O–H groups in total. The first-order chi connectivity index (χ1) is 62.2. The summed E-state index contributed by atoms with van der Waals surface area (Å²) in [6.45, 7) is 1.98. The SMILES string of the molecule is CCCCCCCCCCCCCCCC(=O)OC[C@H]1O[C@H](O[C@H]2[C@@H](O)[C@H](O[C@H]3O[C@H](COCc4ccccc4)[C@@H](OCc4ccccc4)[C@H](OCc4ccccc4)[C@@H]3OCc3ccccc3)[C@@H](OCc3ccccc3)[C@H](OCc3ccccc3)[C@H]2OCc2ccccc2)[C@@H](OC(=O)c2ccccc2CN=[N+]=[N-])[C@@H](OCc2ccccc2)[C@@H]1OCc1ccccc1. The predicted molar refractivity (Wildman–Crippen MR) is 479 cm³/mol. The number of azide groups is 1. The van der Waals surface area contributed by atoms with Crippen LogP contribution in [0.5, 0.6) is 0 Å². The van der Waals surface area contributed by atoms with Crippen molar-refractivity contribution in [3.8, 4) is 0 Å². The zero-order valence-electron chi connectivity index (χ0n) is 72.1. The molecule has 3 fully saturated rings. The van der Waals surface area contributed by atoms with E-state index in [-0.39, 0.29) is 91.2 Å². The highest BCUT2D eigenvalue weighted by atomic mass is 16.8. The Kier molecular flexibility index (Phi) is 38.8. The Balaban J connectivity index is 0.938. The van der Waals surface area contributed by atoms with Crippen molar-refractivity contribution in [3.63, 3.8) is 0 Å². The van der Waals surface area contributed by atoms with Crippen molar-refractivity contribution in [1.82, 2.24) is 0 Å². The Bertz CT molecular complexity index is 4730. The quantitative estimate of drug-likeness (QED) is 0.0122. The van der Waals surface area contributed by atoms with Crippen LogP contribution in [0.4, 0.5) is 0 Å². The number of nitrogens with zero attached hydrogens (tertiary/aromatic N) is 3. The summed E-state index contributed by atoms with van der Waals surface area (Å²) in [5.74, 6) is -1.32. The van der Waals surface area contributed by atoms with E-state index in [9.17, 15) is 15.4 Å². The van der Waals surface area contributed by atoms with Gasteiger partial charge in [-0.2, -0.15) is 0 Å². The molecular weight excluding hydrogens is 1590 g/mol. The van der Waals surface area contributed by atoms with E-state index >= 15 is 4.79 Å². The summed E-state index contributed by atoms with van der Waals surface area (Å²) in [6, 6.07) is 94.1. The minimum absolute atomic E-state index is 0.00255. The first-order valence-corrected chi connectivity index (χ1v) is 44.8. The monoisotopic (exact) mass is 1710 g/mol. The van der Waals surface area contributed by atoms with Gasteiger partial charge in [-0.1, -0.05) is 380 Å². The van der Waals surface area contributed by atoms with E-state index in [1.807, 2.05) is 273 Å². The first kappa shape index (κ1) is 93.5. The minimum Gasteiger partial charge on any atom is -0.463 e. The molecule has 0 aromatic heterocycles. The summed E-state index contributed by atoms with van der Waals surface area (Å²) < 4.78 is 109. The van der Waals surface area contributed by atoms with Gasteiger partial charge in [0.1, 0.15) is 86.0 Å². The maximum atomic E-state index is 15.8. The van der Waals surface area contributed by atoms with Crippen LogP contribution in [0.2, 0.25) is 0 Å². The molecule has 0 unspecified atom stereocenters. The number of unbranched alkanes of at least 4 members (excludes halogenated alkanes) is 12. The maximum Gasteiger partial charge on any atom is 0.338 e. The summed E-state index contributed by atoms with van der Waals surface area (Å²) in [5, 5.41) is 18.5. The lowest BCUT2D eigenvalue weighted by atomic mass is 9.83. The molecule has 10 aromatic carbocycles. The van der Waals surface area contributed by atoms with Crippen molar-refractivity contribution in [2.24, 2.45) is 5.11 Å². The molecule has 664 valence electrons. The third kappa shape index (κ3) is 29.2. The van der Waals surface area contributed by atoms with E-state index in [1.165, 1.54) is 51.4 Å². The fraction of sp³-hybridized carbons (Fsp3) is 0.410. The van der Waals surface area contributed by atoms with Crippen LogP contribution >= 0.6 is 0 Å². The van der Waals surface area contributed by atoms with E-state index in [2.05, 4.69) is 16.9 Å². The smallest absolute Gasteiger partial charge is 0.338 e. The molecule has 2 aliphatic heterocycles. The minimum atomic E-state index is -1.86. The van der Waals surface area contributed by atoms with Crippen LogP contribution in [0.3, 0.4) is 0 Å². The molecular formula is C105H121N3O18. The van der Waals surface area contributed by atoms with Gasteiger partial charge in [-0.25, -0.2) is 4.79 Å². The van der Waals surface area contributed by atoms with Crippen molar-refractivity contribution < 1.29 is 85.7 Å². The van der Waals surface area contributed by atoms with Gasteiger partial charge in [-0.3, -0.25) is 4.79 Å². The average molecular weight is 1710 g/mol. The molecule has 10 aromatic rings. The van der Waals surface area contributed by atoms with E-state index in [0.29, 0.717) is 12.0 Å². The molecule has 21 heteroatoms. The van der Waals surface area contributed by atoms with Gasteiger partial charge < -0.3 is 76.2 Å². The molecule has 0 bridgehead atoms. The second-order valence-corrected chi connectivity index (χ2v) is 32.5. The number of carbonyl (C=O) groups is 2. The number of benzene rings is 10. The Morgan fingerprint density at radius 3 is 0.984 bits per heavy atom. The summed E-state index contributed by atoms with van der Waals surface area (Å²) in [7, 11) is 0. The lowest BCUT2D eigenvalue weighted by Crippen LogP contribution is -2.71. The van der Waals surface area contributed by atoms with Crippen LogP contribution in [0.15, 0.2) is 302 Å². The van der Waals surface area contributed by atoms with Gasteiger partial charge in [0, 0.05) is 11.3 Å². The summed E-state index contributed by atoms with van der Waals surface area (Å²) >= 11 is 0. The molecule has 1 aliphatic carbocycles. The second kappa shape index (κ2) is 52.2. The zero-order valence-corrected chi connectivity index (χ0v) is 72.1. The Morgan fingerprint density at radius 1 is 0.333 bits per heavy atom. The summed E-state index contributed by atoms with van der Waals surface area (Å²) in [4.78, 5) is 33.3. The summed E-state index contributed by atoms with van der Waals surface area (Å²) in [6.07, 6.45) is -6.69. The molecule has 0 amide bonds. The van der Waals surface area contributed by atoms with E-state index in [1.54, 1.807) is 24.3 Å². The normalized spacial score (nSPS) is 22.9. The molecule has 16 atom stereocenters. The third-order valence-electron chi connectivity index (χ3n) is 23.1. The molecule has 2 saturated heterocycles. The van der Waals surface area contributed by atoms with Crippen LogP contribution in [0.1, 0.15) is 163 Å². The molecule has 1 saturated carbocycles. The van der Waals surface area contributed by atoms with Gasteiger partial charge in [-0.05, 0) is 73.7 Å². The highest BCUT2D eigenvalue weighted by Gasteiger charge is 2.60. The first-order valence-electron chi connectivity index (χ1n) is 44.8. The number of rotatable bonds is 52. The van der Waals surface area contributed by atoms with Crippen LogP contribution in [-0.2, 0) is 142 Å². The van der Waals surface area contributed by atoms with Crippen LogP contribution in [0, 0.1) is 0 Å². The largest absolute Gasteiger partial charge is 0.463 e. The second-order valence-electron chi connectivity index (χ2n) is 32.5. The molecule has 126 heavy (non-hydrogen) atoms. The van der Waals surface area contributed by atoms with Gasteiger partial charge >= 0.3 is 11.9 Å². The highest BCUT2D eigenvalue weighted by molar-refractivity contribution is 5.91. The topological polar surface area (TPSA) is 242 Å². The Labute approximate surface area is 741 Å². The third-order valence-corrected chi connectivity index (χ3v) is 23.1. The Morgan fingerprint density at radius 2 is 0.619 bits per heavy atom. The molecule has 13 rings (SSSR count). The van der Waals surface area contributed by atoms with Crippen LogP contribution < -0.4 is 0 Å². The molecule has 3 aliphatic rings. The van der Waals surface area contributed by atoms with Crippen molar-refractivity contribution in [2.45, 2.75) is 261 Å². The fourth-order valence-corrected chi connectivity index (χ4v) is 16.3. The molecule has 0 radical (unpaired) electrons. The van der Waals surface area contributed by atoms with Gasteiger partial charge in [-0.15, -0.1) is 0 Å². The highest BCUT2D eigenvalue weighted by Crippen LogP contribution is 2.42. The van der Waals surface area contributed by atoms with Gasteiger partial charge in [0.05, 0.1) is 78.2 Å². The summed E-state index contributed by atoms with van der Waals surface area (Å²) in [5.41, 5.74) is 17.6. The van der Waals surface area contributed by atoms with E-state index < -0.39 is 110 Å². The number of aliphatic hydroxyl groups excluding tert-OH is 1. The van der Waals surface area contributed by atoms with Crippen molar-refractivity contribution in [3.05, 3.63) is 369 Å². The predicted octanol–water partition coefficient (Wildman–Crippen LogP) is 20.5. The fourth-order valence-electron chi connectivity index (χ4n) is 16.3. The number of hydrogen-bond donors (Lipinski definition) is 1. The van der Waals surface area contributed by atoms with Crippen LogP contribution in [-0.4, -0.2) is 128 Å². The van der Waals surface area contributed by atoms with E-state index in [0.717, 1.165) is 75.8 Å². The number of hydrogen-bond acceptors (Lipinski definition) is 19. The van der Waals surface area contributed by atoms with Gasteiger partial charge in [0.2, 0.25) is 0 Å². The molecule has 2 heterocycles. The number of ether oxygens (including phenoxy) is 15. The van der Waals surface area contributed by atoms with Crippen molar-refractivity contribution in [1.29, 1.82) is 0 Å². The number of aliphatic hydroxyl groups is 1. The lowest BCUT2D eigenvalue weighted by molar-refractivity contribution is -0.378. The zero-order chi connectivity index (χ0) is 86.8. The Hall–Kier alpha value is -10.1. The number of carbonyl (C=O) groups excluding carboxylic acids is 2.